The summed E-state index contributed by atoms with van der Waals surface area (Å²) in [6, 6.07) is 7.62. The van der Waals surface area contributed by atoms with Crippen molar-refractivity contribution in [2.45, 2.75) is 37.7 Å². The fourth-order valence-electron chi connectivity index (χ4n) is 3.01. The van der Waals surface area contributed by atoms with Gasteiger partial charge in [0.25, 0.3) is 0 Å². The lowest BCUT2D eigenvalue weighted by molar-refractivity contribution is -0.213. The third-order valence-electron chi connectivity index (χ3n) is 4.04. The number of rotatable bonds is 3. The zero-order chi connectivity index (χ0) is 16.7. The van der Waals surface area contributed by atoms with E-state index >= 15 is 0 Å². The normalized spacial score (nSPS) is 25.0. The van der Waals surface area contributed by atoms with E-state index in [2.05, 4.69) is 9.84 Å². The van der Waals surface area contributed by atoms with Crippen LogP contribution >= 0.6 is 0 Å². The molecule has 1 aliphatic rings. The Labute approximate surface area is 130 Å². The molecule has 0 radical (unpaired) electrons. The Hall–Kier alpha value is -2.09. The van der Waals surface area contributed by atoms with Crippen LogP contribution in [0.1, 0.15) is 19.3 Å². The van der Waals surface area contributed by atoms with Gasteiger partial charge in [-0.05, 0) is 18.4 Å². The molecule has 8 heteroatoms. The van der Waals surface area contributed by atoms with Crippen LogP contribution in [0, 0.1) is 5.92 Å². The molecule has 1 aliphatic carbocycles. The van der Waals surface area contributed by atoms with Gasteiger partial charge in [0, 0.05) is 31.0 Å². The average molecular weight is 327 g/mol. The van der Waals surface area contributed by atoms with E-state index in [1.165, 1.54) is 0 Å². The highest BCUT2D eigenvalue weighted by Gasteiger charge is 2.47. The van der Waals surface area contributed by atoms with Crippen LogP contribution in [0.2, 0.25) is 0 Å². The summed E-state index contributed by atoms with van der Waals surface area (Å²) in [5.41, 5.74) is 5.11. The molecule has 0 unspecified atom stereocenters. The molecule has 2 atom stereocenters. The van der Waals surface area contributed by atoms with Crippen molar-refractivity contribution in [1.29, 1.82) is 0 Å². The van der Waals surface area contributed by atoms with Crippen LogP contribution in [0.25, 0.3) is 10.9 Å². The van der Waals surface area contributed by atoms with Gasteiger partial charge in [-0.2, -0.15) is 18.3 Å². The fraction of sp³-hybridized carbons (Fsp3) is 0.467. The summed E-state index contributed by atoms with van der Waals surface area (Å²) in [7, 11) is 0. The number of aromatic nitrogens is 2. The van der Waals surface area contributed by atoms with Gasteiger partial charge in [0.2, 0.25) is 0 Å². The SMILES string of the molecule is N[C@]1(OC(=O)C(F)(F)F)CC[C@@H](Cn2cc3ccccc3n2)C1. The highest BCUT2D eigenvalue weighted by atomic mass is 19.4. The molecule has 0 aliphatic heterocycles. The minimum atomic E-state index is -5.02. The Bertz CT molecular complexity index is 695. The number of alkyl halides is 3. The summed E-state index contributed by atoms with van der Waals surface area (Å²) < 4.78 is 43.1. The number of nitrogens with two attached hydrogens (primary N) is 1. The maximum Gasteiger partial charge on any atom is 0.490 e. The number of hydrogen-bond donors (Lipinski definition) is 1. The van der Waals surface area contributed by atoms with E-state index < -0.39 is 17.9 Å². The first kappa shape index (κ1) is 15.8. The predicted molar refractivity (Wildman–Crippen MR) is 76.1 cm³/mol. The lowest BCUT2D eigenvalue weighted by Crippen LogP contribution is -2.45. The van der Waals surface area contributed by atoms with Crippen molar-refractivity contribution >= 4 is 16.9 Å². The molecular formula is C15H16F3N3O2. The molecule has 23 heavy (non-hydrogen) atoms. The van der Waals surface area contributed by atoms with E-state index in [1.54, 1.807) is 4.68 Å². The van der Waals surface area contributed by atoms with Crippen LogP contribution in [-0.4, -0.2) is 27.7 Å². The summed E-state index contributed by atoms with van der Waals surface area (Å²) >= 11 is 0. The first-order valence-electron chi connectivity index (χ1n) is 7.26. The van der Waals surface area contributed by atoms with Crippen molar-refractivity contribution < 1.29 is 22.7 Å². The van der Waals surface area contributed by atoms with E-state index in [9.17, 15) is 18.0 Å². The largest absolute Gasteiger partial charge is 0.490 e. The van der Waals surface area contributed by atoms with E-state index in [1.807, 2.05) is 30.5 Å². The molecular weight excluding hydrogens is 311 g/mol. The van der Waals surface area contributed by atoms with Crippen LogP contribution < -0.4 is 5.73 Å². The molecule has 1 saturated carbocycles. The highest BCUT2D eigenvalue weighted by Crippen LogP contribution is 2.36. The van der Waals surface area contributed by atoms with Crippen molar-refractivity contribution in [1.82, 2.24) is 9.78 Å². The summed E-state index contributed by atoms with van der Waals surface area (Å²) in [6.07, 6.45) is -2.17. The topological polar surface area (TPSA) is 70.1 Å². The van der Waals surface area contributed by atoms with Crippen LogP contribution in [-0.2, 0) is 16.1 Å². The Kier molecular flexibility index (Phi) is 3.79. The van der Waals surface area contributed by atoms with Gasteiger partial charge in [0.05, 0.1) is 5.52 Å². The molecule has 1 heterocycles. The van der Waals surface area contributed by atoms with Gasteiger partial charge in [-0.3, -0.25) is 10.4 Å². The van der Waals surface area contributed by atoms with Crippen molar-refractivity contribution in [3.8, 4) is 0 Å². The Morgan fingerprint density at radius 2 is 2.17 bits per heavy atom. The summed E-state index contributed by atoms with van der Waals surface area (Å²) in [4.78, 5) is 11.0. The Morgan fingerprint density at radius 1 is 1.43 bits per heavy atom. The molecule has 1 aromatic heterocycles. The number of esters is 1. The second-order valence-corrected chi connectivity index (χ2v) is 5.97. The van der Waals surface area contributed by atoms with Crippen LogP contribution in [0.3, 0.4) is 0 Å². The van der Waals surface area contributed by atoms with Gasteiger partial charge >= 0.3 is 12.1 Å². The Balaban J connectivity index is 1.64. The van der Waals surface area contributed by atoms with E-state index in [-0.39, 0.29) is 18.8 Å². The van der Waals surface area contributed by atoms with E-state index in [4.69, 9.17) is 5.73 Å². The second-order valence-electron chi connectivity index (χ2n) is 5.97. The number of ether oxygens (including phenoxy) is 1. The van der Waals surface area contributed by atoms with Gasteiger partial charge in [0.1, 0.15) is 0 Å². The predicted octanol–water partition coefficient (Wildman–Crippen LogP) is 2.60. The molecule has 1 fully saturated rings. The second kappa shape index (κ2) is 5.52. The number of carbonyl (C=O) groups excluding carboxylic acids is 1. The quantitative estimate of drug-likeness (QED) is 0.695. The molecule has 0 bridgehead atoms. The van der Waals surface area contributed by atoms with Gasteiger partial charge in [-0.1, -0.05) is 18.2 Å². The van der Waals surface area contributed by atoms with Gasteiger partial charge in [0.15, 0.2) is 5.72 Å². The first-order valence-corrected chi connectivity index (χ1v) is 7.26. The van der Waals surface area contributed by atoms with Crippen molar-refractivity contribution in [2.24, 2.45) is 11.7 Å². The van der Waals surface area contributed by atoms with E-state index in [0.29, 0.717) is 13.0 Å². The maximum absolute atomic E-state index is 12.3. The minimum Gasteiger partial charge on any atom is -0.437 e. The highest BCUT2D eigenvalue weighted by molar-refractivity contribution is 5.77. The molecule has 0 saturated heterocycles. The fourth-order valence-corrected chi connectivity index (χ4v) is 3.01. The minimum absolute atomic E-state index is 0.00958. The van der Waals surface area contributed by atoms with Gasteiger partial charge < -0.3 is 4.74 Å². The monoisotopic (exact) mass is 327 g/mol. The number of nitrogens with zero attached hydrogens (tertiary/aromatic N) is 2. The molecule has 5 nitrogen and oxygen atoms in total. The first-order chi connectivity index (χ1) is 10.8. The van der Waals surface area contributed by atoms with Crippen molar-refractivity contribution in [3.05, 3.63) is 30.5 Å². The maximum atomic E-state index is 12.3. The molecule has 1 aromatic carbocycles. The number of fused-ring (bicyclic) bond motifs is 1. The lowest BCUT2D eigenvalue weighted by atomic mass is 10.1. The molecule has 3 rings (SSSR count). The third kappa shape index (κ3) is 3.47. The van der Waals surface area contributed by atoms with Crippen LogP contribution in [0.4, 0.5) is 13.2 Å². The zero-order valence-corrected chi connectivity index (χ0v) is 12.2. The average Bonchev–Trinajstić information content (AvgIpc) is 3.01. The molecule has 124 valence electrons. The standard InChI is InChI=1S/C15H16F3N3O2/c16-15(17,18)13(22)23-14(19)6-5-10(7-14)8-21-9-11-3-1-2-4-12(11)20-21/h1-4,9-10H,5-8,19H2/t10-,14+/m1/s1. The van der Waals surface area contributed by atoms with Crippen molar-refractivity contribution in [3.63, 3.8) is 0 Å². The molecule has 2 N–H and O–H groups in total. The molecule has 2 aromatic rings. The summed E-state index contributed by atoms with van der Waals surface area (Å²) in [5, 5.41) is 5.41. The molecule has 0 spiro atoms. The van der Waals surface area contributed by atoms with Crippen LogP contribution in [0.5, 0.6) is 0 Å². The third-order valence-corrected chi connectivity index (χ3v) is 4.04. The van der Waals surface area contributed by atoms with Gasteiger partial charge in [-0.15, -0.1) is 0 Å². The summed E-state index contributed by atoms with van der Waals surface area (Å²) in [6.45, 7) is 0.525. The van der Waals surface area contributed by atoms with Crippen molar-refractivity contribution in [2.75, 3.05) is 0 Å². The summed E-state index contributed by atoms with van der Waals surface area (Å²) in [5.74, 6) is -2.22. The number of halogens is 3. The lowest BCUT2D eigenvalue weighted by Gasteiger charge is -2.25. The zero-order valence-electron chi connectivity index (χ0n) is 12.2. The number of benzene rings is 1. The van der Waals surface area contributed by atoms with E-state index in [0.717, 1.165) is 10.9 Å². The Morgan fingerprint density at radius 3 is 2.87 bits per heavy atom. The smallest absolute Gasteiger partial charge is 0.437 e. The van der Waals surface area contributed by atoms with Crippen LogP contribution in [0.15, 0.2) is 30.5 Å². The number of hydrogen-bond acceptors (Lipinski definition) is 4. The molecule has 0 amide bonds. The van der Waals surface area contributed by atoms with Gasteiger partial charge in [-0.25, -0.2) is 4.79 Å². The number of carbonyl (C=O) groups is 1.